The Morgan fingerprint density at radius 1 is 1.00 bits per heavy atom. The molecular formula is C23H14BrNO3S. The van der Waals surface area contributed by atoms with Crippen molar-refractivity contribution in [2.45, 2.75) is 6.61 Å². The van der Waals surface area contributed by atoms with Crippen LogP contribution in [0.4, 0.5) is 0 Å². The van der Waals surface area contributed by atoms with Crippen molar-refractivity contribution in [3.8, 4) is 16.3 Å². The van der Waals surface area contributed by atoms with Gasteiger partial charge in [0.05, 0.1) is 15.8 Å². The molecule has 0 aliphatic rings. The Morgan fingerprint density at radius 3 is 2.66 bits per heavy atom. The number of nitrogens with zero attached hydrogens (tertiary/aromatic N) is 1. The van der Waals surface area contributed by atoms with Gasteiger partial charge in [-0.25, -0.2) is 9.78 Å². The molecule has 0 bridgehead atoms. The van der Waals surface area contributed by atoms with Gasteiger partial charge in [0.15, 0.2) is 0 Å². The molecule has 2 heterocycles. The first-order valence-corrected chi connectivity index (χ1v) is 10.6. The van der Waals surface area contributed by atoms with Gasteiger partial charge in [-0.15, -0.1) is 11.3 Å². The Kier molecular flexibility index (Phi) is 4.66. The first kappa shape index (κ1) is 18.1. The highest BCUT2D eigenvalue weighted by Crippen LogP contribution is 2.30. The number of thiazole rings is 1. The molecule has 5 aromatic rings. The summed E-state index contributed by atoms with van der Waals surface area (Å²) >= 11 is 4.91. The normalized spacial score (nSPS) is 11.2. The molecule has 3 aromatic carbocycles. The molecule has 0 atom stereocenters. The molecule has 2 aromatic heterocycles. The lowest BCUT2D eigenvalue weighted by Crippen LogP contribution is -2.02. The summed E-state index contributed by atoms with van der Waals surface area (Å²) in [6.07, 6.45) is 0. The summed E-state index contributed by atoms with van der Waals surface area (Å²) in [5, 5.41) is 1.49. The van der Waals surface area contributed by atoms with E-state index in [0.29, 0.717) is 28.5 Å². The van der Waals surface area contributed by atoms with E-state index in [1.165, 1.54) is 11.3 Å². The molecule has 0 aliphatic heterocycles. The number of ether oxygens (including phenoxy) is 1. The second kappa shape index (κ2) is 7.46. The van der Waals surface area contributed by atoms with E-state index in [-0.39, 0.29) is 0 Å². The number of para-hydroxylation sites is 1. The summed E-state index contributed by atoms with van der Waals surface area (Å²) in [6.45, 7) is 0.437. The van der Waals surface area contributed by atoms with Crippen LogP contribution >= 0.6 is 27.3 Å². The smallest absolute Gasteiger partial charge is 0.346 e. The molecule has 0 saturated carbocycles. The maximum atomic E-state index is 12.6. The average Bonchev–Trinajstić information content (AvgIpc) is 3.16. The van der Waals surface area contributed by atoms with Gasteiger partial charge in [0.2, 0.25) is 0 Å². The highest BCUT2D eigenvalue weighted by atomic mass is 79.9. The number of hydrogen-bond acceptors (Lipinski definition) is 5. The molecule has 0 spiro atoms. The topological polar surface area (TPSA) is 52.3 Å². The third-order valence-electron chi connectivity index (χ3n) is 4.55. The molecule has 0 aliphatic carbocycles. The van der Waals surface area contributed by atoms with Crippen LogP contribution in [0, 0.1) is 0 Å². The van der Waals surface area contributed by atoms with Gasteiger partial charge in [0.25, 0.3) is 0 Å². The molecule has 6 heteroatoms. The van der Waals surface area contributed by atoms with E-state index in [0.717, 1.165) is 25.6 Å². The Hall–Kier alpha value is -2.96. The summed E-state index contributed by atoms with van der Waals surface area (Å²) in [4.78, 5) is 17.2. The van der Waals surface area contributed by atoms with E-state index in [4.69, 9.17) is 9.15 Å². The van der Waals surface area contributed by atoms with Gasteiger partial charge in [-0.1, -0.05) is 40.2 Å². The first-order valence-electron chi connectivity index (χ1n) is 8.97. The van der Waals surface area contributed by atoms with E-state index >= 15 is 0 Å². The Balaban J connectivity index is 1.45. The predicted molar refractivity (Wildman–Crippen MR) is 120 cm³/mol. The monoisotopic (exact) mass is 463 g/mol. The van der Waals surface area contributed by atoms with Crippen molar-refractivity contribution in [2.75, 3.05) is 0 Å². The number of aromatic nitrogens is 1. The lowest BCUT2D eigenvalue weighted by atomic mass is 10.2. The van der Waals surface area contributed by atoms with Crippen molar-refractivity contribution in [1.29, 1.82) is 0 Å². The van der Waals surface area contributed by atoms with E-state index in [1.807, 2.05) is 66.7 Å². The van der Waals surface area contributed by atoms with Crippen LogP contribution < -0.4 is 10.4 Å². The molecule has 0 N–H and O–H groups in total. The van der Waals surface area contributed by atoms with Crippen molar-refractivity contribution in [3.63, 3.8) is 0 Å². The van der Waals surface area contributed by atoms with Gasteiger partial charge in [0, 0.05) is 15.9 Å². The van der Waals surface area contributed by atoms with Crippen LogP contribution in [0.3, 0.4) is 0 Å². The second-order valence-electron chi connectivity index (χ2n) is 6.55. The van der Waals surface area contributed by atoms with Gasteiger partial charge < -0.3 is 9.15 Å². The largest absolute Gasteiger partial charge is 0.489 e. The highest BCUT2D eigenvalue weighted by molar-refractivity contribution is 9.10. The molecule has 142 valence electrons. The number of hydrogen-bond donors (Lipinski definition) is 0. The molecule has 0 fully saturated rings. The second-order valence-corrected chi connectivity index (χ2v) is 8.50. The summed E-state index contributed by atoms with van der Waals surface area (Å²) in [7, 11) is 0. The fraction of sp³-hybridized carbons (Fsp3) is 0.0435. The standard InChI is InChI=1S/C23H14BrNO3S/c24-16-8-5-14(6-9-16)13-27-17-10-7-15-11-18(23(26)28-20(15)12-17)22-25-19-3-1-2-4-21(19)29-22/h1-12H,13H2. The van der Waals surface area contributed by atoms with Crippen LogP contribution in [-0.4, -0.2) is 4.98 Å². The predicted octanol–water partition coefficient (Wildman–Crippen LogP) is 6.41. The van der Waals surface area contributed by atoms with Crippen molar-refractivity contribution < 1.29 is 9.15 Å². The number of halogens is 1. The van der Waals surface area contributed by atoms with E-state index in [9.17, 15) is 4.79 Å². The number of benzene rings is 3. The van der Waals surface area contributed by atoms with Crippen LogP contribution in [0.2, 0.25) is 0 Å². The molecule has 0 saturated heterocycles. The highest BCUT2D eigenvalue weighted by Gasteiger charge is 2.13. The van der Waals surface area contributed by atoms with Crippen molar-refractivity contribution >= 4 is 48.5 Å². The fourth-order valence-corrected chi connectivity index (χ4v) is 4.30. The number of rotatable bonds is 4. The Bertz CT molecular complexity index is 1360. The molecule has 5 rings (SSSR count). The van der Waals surface area contributed by atoms with Crippen LogP contribution in [-0.2, 0) is 6.61 Å². The SMILES string of the molecule is O=c1oc2cc(OCc3ccc(Br)cc3)ccc2cc1-c1nc2ccccc2s1. The molecule has 0 unspecified atom stereocenters. The minimum absolute atomic E-state index is 0.401. The van der Waals surface area contributed by atoms with Crippen molar-refractivity contribution in [1.82, 2.24) is 4.98 Å². The fourth-order valence-electron chi connectivity index (χ4n) is 3.07. The van der Waals surface area contributed by atoms with Gasteiger partial charge in [0.1, 0.15) is 22.9 Å². The average molecular weight is 464 g/mol. The molecule has 4 nitrogen and oxygen atoms in total. The van der Waals surface area contributed by atoms with Gasteiger partial charge in [-0.2, -0.15) is 0 Å². The van der Waals surface area contributed by atoms with Crippen LogP contribution in [0.5, 0.6) is 5.75 Å². The lowest BCUT2D eigenvalue weighted by molar-refractivity contribution is 0.306. The van der Waals surface area contributed by atoms with E-state index in [2.05, 4.69) is 20.9 Å². The van der Waals surface area contributed by atoms with Crippen LogP contribution in [0.1, 0.15) is 5.56 Å². The summed E-state index contributed by atoms with van der Waals surface area (Å²) in [5.74, 6) is 0.649. The number of fused-ring (bicyclic) bond motifs is 2. The van der Waals surface area contributed by atoms with Crippen LogP contribution in [0.25, 0.3) is 31.8 Å². The Morgan fingerprint density at radius 2 is 1.83 bits per heavy atom. The third kappa shape index (κ3) is 3.69. The van der Waals surface area contributed by atoms with Crippen LogP contribution in [0.15, 0.2) is 86.5 Å². The minimum atomic E-state index is -0.401. The maximum Gasteiger partial charge on any atom is 0.346 e. The molecular weight excluding hydrogens is 450 g/mol. The minimum Gasteiger partial charge on any atom is -0.489 e. The zero-order valence-electron chi connectivity index (χ0n) is 15.1. The summed E-state index contributed by atoms with van der Waals surface area (Å²) in [5.41, 5.74) is 2.50. The first-order chi connectivity index (χ1) is 14.2. The van der Waals surface area contributed by atoms with Gasteiger partial charge in [-0.3, -0.25) is 0 Å². The maximum absolute atomic E-state index is 12.6. The quantitative estimate of drug-likeness (QED) is 0.289. The van der Waals surface area contributed by atoms with Gasteiger partial charge >= 0.3 is 5.63 Å². The third-order valence-corrected chi connectivity index (χ3v) is 6.15. The molecule has 0 radical (unpaired) electrons. The van der Waals surface area contributed by atoms with Crippen molar-refractivity contribution in [3.05, 3.63) is 93.3 Å². The lowest BCUT2D eigenvalue weighted by Gasteiger charge is -2.07. The molecule has 29 heavy (non-hydrogen) atoms. The molecule has 0 amide bonds. The van der Waals surface area contributed by atoms with E-state index in [1.54, 1.807) is 6.07 Å². The zero-order valence-corrected chi connectivity index (χ0v) is 17.5. The summed E-state index contributed by atoms with van der Waals surface area (Å²) < 4.78 is 13.5. The zero-order chi connectivity index (χ0) is 19.8. The summed E-state index contributed by atoms with van der Waals surface area (Å²) in [6, 6.07) is 23.1. The van der Waals surface area contributed by atoms with Gasteiger partial charge in [-0.05, 0) is 48.0 Å². The van der Waals surface area contributed by atoms with Crippen molar-refractivity contribution in [2.24, 2.45) is 0 Å². The Labute approximate surface area is 178 Å². The van der Waals surface area contributed by atoms with E-state index < -0.39 is 5.63 Å².